The van der Waals surface area contributed by atoms with Gasteiger partial charge in [-0.25, -0.2) is 8.78 Å². The summed E-state index contributed by atoms with van der Waals surface area (Å²) in [6.45, 7) is 0.116. The molecule has 2 aromatic carbocycles. The van der Waals surface area contributed by atoms with Crippen molar-refractivity contribution in [3.05, 3.63) is 63.7 Å². The number of nitrogens with zero attached hydrogens (tertiary/aromatic N) is 1. The van der Waals surface area contributed by atoms with Gasteiger partial charge in [-0.15, -0.1) is 0 Å². The molecule has 5 nitrogen and oxygen atoms in total. The maximum atomic E-state index is 13.5. The fourth-order valence-corrected chi connectivity index (χ4v) is 1.83. The summed E-state index contributed by atoms with van der Waals surface area (Å²) in [6, 6.07) is 7.42. The van der Waals surface area contributed by atoms with Gasteiger partial charge in [-0.1, -0.05) is 6.07 Å². The summed E-state index contributed by atoms with van der Waals surface area (Å²) < 4.78 is 31.5. The average Bonchev–Trinajstić information content (AvgIpc) is 2.45. The van der Waals surface area contributed by atoms with Crippen LogP contribution in [-0.4, -0.2) is 12.0 Å². The molecule has 0 aliphatic rings. The van der Waals surface area contributed by atoms with E-state index in [1.165, 1.54) is 19.2 Å². The van der Waals surface area contributed by atoms with E-state index < -0.39 is 16.6 Å². The number of nitrogens with one attached hydrogen (secondary N) is 1. The lowest BCUT2D eigenvalue weighted by Gasteiger charge is -2.09. The number of benzene rings is 2. The fourth-order valence-electron chi connectivity index (χ4n) is 1.83. The van der Waals surface area contributed by atoms with Crippen molar-refractivity contribution in [2.75, 3.05) is 12.4 Å². The van der Waals surface area contributed by atoms with Gasteiger partial charge in [-0.3, -0.25) is 10.1 Å². The molecule has 7 heteroatoms. The van der Waals surface area contributed by atoms with Crippen LogP contribution in [0.15, 0.2) is 36.4 Å². The monoisotopic (exact) mass is 294 g/mol. The summed E-state index contributed by atoms with van der Waals surface area (Å²) in [6.07, 6.45) is 0. The summed E-state index contributed by atoms with van der Waals surface area (Å²) >= 11 is 0. The number of anilines is 1. The Morgan fingerprint density at radius 3 is 2.62 bits per heavy atom. The Kier molecular flexibility index (Phi) is 4.32. The molecule has 0 fully saturated rings. The van der Waals surface area contributed by atoms with Crippen LogP contribution in [-0.2, 0) is 6.54 Å². The van der Waals surface area contributed by atoms with Crippen molar-refractivity contribution in [1.82, 2.24) is 0 Å². The third kappa shape index (κ3) is 3.44. The van der Waals surface area contributed by atoms with Crippen molar-refractivity contribution >= 4 is 11.4 Å². The molecule has 2 aromatic rings. The first-order valence-electron chi connectivity index (χ1n) is 6.01. The minimum atomic E-state index is -0.615. The Morgan fingerprint density at radius 2 is 2.00 bits per heavy atom. The molecule has 0 heterocycles. The zero-order valence-corrected chi connectivity index (χ0v) is 11.1. The molecule has 0 saturated carbocycles. The van der Waals surface area contributed by atoms with E-state index in [0.717, 1.165) is 18.2 Å². The number of nitro benzene ring substituents is 1. The third-order valence-corrected chi connectivity index (χ3v) is 2.85. The van der Waals surface area contributed by atoms with Crippen LogP contribution >= 0.6 is 0 Å². The first kappa shape index (κ1) is 14.7. The second kappa shape index (κ2) is 6.17. The molecule has 0 aliphatic heterocycles. The first-order chi connectivity index (χ1) is 10.0. The highest BCUT2D eigenvalue weighted by Crippen LogP contribution is 2.26. The van der Waals surface area contributed by atoms with Crippen molar-refractivity contribution in [2.45, 2.75) is 6.54 Å². The molecule has 0 amide bonds. The second-order valence-corrected chi connectivity index (χ2v) is 4.24. The van der Waals surface area contributed by atoms with Crippen LogP contribution in [0.2, 0.25) is 0 Å². The van der Waals surface area contributed by atoms with Crippen LogP contribution in [0.1, 0.15) is 5.56 Å². The zero-order valence-electron chi connectivity index (χ0n) is 11.1. The lowest BCUT2D eigenvalue weighted by molar-refractivity contribution is -0.384. The molecule has 0 radical (unpaired) electrons. The fraction of sp³-hybridized carbons (Fsp3) is 0.143. The molecular formula is C14H12F2N2O3. The number of rotatable bonds is 5. The van der Waals surface area contributed by atoms with Gasteiger partial charge in [-0.2, -0.15) is 0 Å². The molecule has 0 aromatic heterocycles. The van der Waals surface area contributed by atoms with E-state index in [1.54, 1.807) is 6.07 Å². The van der Waals surface area contributed by atoms with E-state index >= 15 is 0 Å². The van der Waals surface area contributed by atoms with Crippen LogP contribution in [0.5, 0.6) is 5.75 Å². The van der Waals surface area contributed by atoms with E-state index in [1.807, 2.05) is 0 Å². The summed E-state index contributed by atoms with van der Waals surface area (Å²) in [5, 5.41) is 13.6. The Hall–Kier alpha value is -2.70. The van der Waals surface area contributed by atoms with Gasteiger partial charge in [0.1, 0.15) is 11.5 Å². The van der Waals surface area contributed by atoms with Crippen LogP contribution in [0.3, 0.4) is 0 Å². The van der Waals surface area contributed by atoms with Crippen molar-refractivity contribution < 1.29 is 18.4 Å². The van der Waals surface area contributed by atoms with Crippen LogP contribution in [0.25, 0.3) is 0 Å². The van der Waals surface area contributed by atoms with Gasteiger partial charge in [0.25, 0.3) is 5.69 Å². The number of hydrogen-bond acceptors (Lipinski definition) is 4. The van der Waals surface area contributed by atoms with E-state index in [2.05, 4.69) is 5.32 Å². The summed E-state index contributed by atoms with van der Waals surface area (Å²) in [7, 11) is 1.35. The highest BCUT2D eigenvalue weighted by molar-refractivity contribution is 5.61. The number of ether oxygens (including phenoxy) is 1. The molecule has 0 saturated heterocycles. The van der Waals surface area contributed by atoms with Crippen LogP contribution < -0.4 is 10.1 Å². The Labute approximate surface area is 119 Å². The van der Waals surface area contributed by atoms with Gasteiger partial charge in [0, 0.05) is 18.7 Å². The smallest absolute Gasteiger partial charge is 0.292 e. The molecule has 21 heavy (non-hydrogen) atoms. The minimum Gasteiger partial charge on any atom is -0.494 e. The highest BCUT2D eigenvalue weighted by Gasteiger charge is 2.14. The molecule has 0 atom stereocenters. The summed E-state index contributed by atoms with van der Waals surface area (Å²) in [5.41, 5.74) is 0.341. The number of hydrogen-bond donors (Lipinski definition) is 1. The molecule has 0 unspecified atom stereocenters. The minimum absolute atomic E-state index is 0.0382. The third-order valence-electron chi connectivity index (χ3n) is 2.85. The Balaban J connectivity index is 2.18. The maximum Gasteiger partial charge on any atom is 0.292 e. The summed E-state index contributed by atoms with van der Waals surface area (Å²) in [4.78, 5) is 10.2. The van der Waals surface area contributed by atoms with Crippen LogP contribution in [0, 0.1) is 21.7 Å². The van der Waals surface area contributed by atoms with Crippen LogP contribution in [0.4, 0.5) is 20.2 Å². The topological polar surface area (TPSA) is 64.4 Å². The average molecular weight is 294 g/mol. The van der Waals surface area contributed by atoms with Crippen molar-refractivity contribution in [3.8, 4) is 5.75 Å². The number of halogens is 2. The standard InChI is InChI=1S/C14H12F2N2O3/c1-21-14-5-2-9(6-11(14)16)8-17-12-7-10(15)3-4-13(12)18(19)20/h2-7,17H,8H2,1H3. The maximum absolute atomic E-state index is 13.5. The van der Waals surface area contributed by atoms with E-state index in [-0.39, 0.29) is 23.7 Å². The molecule has 110 valence electrons. The normalized spacial score (nSPS) is 10.2. The van der Waals surface area contributed by atoms with Crippen molar-refractivity contribution in [2.24, 2.45) is 0 Å². The molecule has 1 N–H and O–H groups in total. The van der Waals surface area contributed by atoms with Gasteiger partial charge in [0.05, 0.1) is 12.0 Å². The SMILES string of the molecule is COc1ccc(CNc2cc(F)ccc2[N+](=O)[O-])cc1F. The van der Waals surface area contributed by atoms with E-state index in [9.17, 15) is 18.9 Å². The van der Waals surface area contributed by atoms with Gasteiger partial charge in [0.2, 0.25) is 0 Å². The molecule has 0 aliphatic carbocycles. The van der Waals surface area contributed by atoms with Gasteiger partial charge < -0.3 is 10.1 Å². The lowest BCUT2D eigenvalue weighted by atomic mass is 10.2. The zero-order chi connectivity index (χ0) is 15.4. The van der Waals surface area contributed by atoms with Crippen molar-refractivity contribution in [1.29, 1.82) is 0 Å². The van der Waals surface area contributed by atoms with E-state index in [0.29, 0.717) is 5.56 Å². The Morgan fingerprint density at radius 1 is 1.24 bits per heavy atom. The molecule has 2 rings (SSSR count). The molecular weight excluding hydrogens is 282 g/mol. The van der Waals surface area contributed by atoms with Crippen molar-refractivity contribution in [3.63, 3.8) is 0 Å². The quantitative estimate of drug-likeness (QED) is 0.677. The number of nitro groups is 1. The molecule has 0 spiro atoms. The lowest BCUT2D eigenvalue weighted by Crippen LogP contribution is -2.03. The highest BCUT2D eigenvalue weighted by atomic mass is 19.1. The van der Waals surface area contributed by atoms with Gasteiger partial charge >= 0.3 is 0 Å². The van der Waals surface area contributed by atoms with E-state index in [4.69, 9.17) is 4.74 Å². The second-order valence-electron chi connectivity index (χ2n) is 4.24. The predicted molar refractivity (Wildman–Crippen MR) is 73.3 cm³/mol. The molecule has 0 bridgehead atoms. The van der Waals surface area contributed by atoms with Gasteiger partial charge in [-0.05, 0) is 23.8 Å². The number of methoxy groups -OCH3 is 1. The Bertz CT molecular complexity index is 677. The summed E-state index contributed by atoms with van der Waals surface area (Å²) in [5.74, 6) is -1.02. The first-order valence-corrected chi connectivity index (χ1v) is 6.01. The predicted octanol–water partition coefficient (Wildman–Crippen LogP) is 3.49. The van der Waals surface area contributed by atoms with Gasteiger partial charge in [0.15, 0.2) is 11.6 Å². The largest absolute Gasteiger partial charge is 0.494 e.